The SMILES string of the molecule is CC.CC.CC(C)(C)C(=O)c1cc(C(=O)C(C)(C)C)c(O)cc1O.CC(C)(C)C(=O)c1ccc(O)c(C(=O)C(C)(C)C)c1O. The maximum Gasteiger partial charge on any atom is 0.175 e. The summed E-state index contributed by atoms with van der Waals surface area (Å²) in [6.45, 7) is 28.6. The number of hydrogen-bond donors (Lipinski definition) is 4. The molecule has 2 aromatic carbocycles. The Morgan fingerprint density at radius 1 is 0.432 bits per heavy atom. The molecule has 0 atom stereocenters. The number of phenolic OH excluding ortho intramolecular Hbond substituents is 4. The van der Waals surface area contributed by atoms with Gasteiger partial charge in [-0.25, -0.2) is 0 Å². The molecule has 0 aromatic heterocycles. The monoisotopic (exact) mass is 616 g/mol. The molecule has 0 spiro atoms. The second kappa shape index (κ2) is 15.9. The first-order chi connectivity index (χ1) is 19.7. The Morgan fingerprint density at radius 2 is 0.727 bits per heavy atom. The molecule has 0 unspecified atom stereocenters. The minimum atomic E-state index is -0.766. The molecule has 2 aromatic rings. The van der Waals surface area contributed by atoms with E-state index in [9.17, 15) is 39.6 Å². The molecule has 0 amide bonds. The van der Waals surface area contributed by atoms with Crippen LogP contribution in [-0.2, 0) is 0 Å². The van der Waals surface area contributed by atoms with Crippen molar-refractivity contribution in [2.24, 2.45) is 21.7 Å². The first kappa shape index (κ1) is 42.5. The molecule has 0 saturated carbocycles. The highest BCUT2D eigenvalue weighted by atomic mass is 16.3. The van der Waals surface area contributed by atoms with Crippen LogP contribution in [0.15, 0.2) is 24.3 Å². The average Bonchev–Trinajstić information content (AvgIpc) is 2.88. The first-order valence-corrected chi connectivity index (χ1v) is 15.0. The Hall–Kier alpha value is -3.68. The highest BCUT2D eigenvalue weighted by Crippen LogP contribution is 2.38. The van der Waals surface area contributed by atoms with E-state index in [4.69, 9.17) is 0 Å². The molecule has 0 heterocycles. The zero-order valence-corrected chi connectivity index (χ0v) is 29.7. The standard InChI is InChI=1S/2C16H22O4.2C2H6/c1-15(2,3)13(19)9-7-10(12(18)8-11(9)17)14(20)16(4,5)6;1-15(2,3)13(19)9-7-8-10(17)11(12(9)18)14(20)16(4,5)6;2*1-2/h2*7-8,17-18H,1-6H3;2*1-2H3. The predicted molar refractivity (Wildman–Crippen MR) is 177 cm³/mol. The van der Waals surface area contributed by atoms with Gasteiger partial charge in [-0.1, -0.05) is 111 Å². The van der Waals surface area contributed by atoms with Crippen LogP contribution in [-0.4, -0.2) is 43.6 Å². The minimum Gasteiger partial charge on any atom is -0.507 e. The molecule has 8 nitrogen and oxygen atoms in total. The van der Waals surface area contributed by atoms with Gasteiger partial charge in [-0.3, -0.25) is 19.2 Å². The van der Waals surface area contributed by atoms with Crippen molar-refractivity contribution in [3.8, 4) is 23.0 Å². The number of benzene rings is 2. The van der Waals surface area contributed by atoms with Gasteiger partial charge < -0.3 is 20.4 Å². The number of ketones is 4. The summed E-state index contributed by atoms with van der Waals surface area (Å²) >= 11 is 0. The summed E-state index contributed by atoms with van der Waals surface area (Å²) in [5.74, 6) is -2.62. The van der Waals surface area contributed by atoms with Gasteiger partial charge in [-0.2, -0.15) is 0 Å². The maximum atomic E-state index is 12.3. The molecule has 2 rings (SSSR count). The fraction of sp³-hybridized carbons (Fsp3) is 0.556. The summed E-state index contributed by atoms with van der Waals surface area (Å²) in [7, 11) is 0. The lowest BCUT2D eigenvalue weighted by atomic mass is 9.82. The smallest absolute Gasteiger partial charge is 0.175 e. The van der Waals surface area contributed by atoms with Gasteiger partial charge in [0, 0.05) is 27.7 Å². The third-order valence-corrected chi connectivity index (χ3v) is 5.96. The Labute approximate surface area is 264 Å². The van der Waals surface area contributed by atoms with Crippen molar-refractivity contribution >= 4 is 23.1 Å². The number of carbonyl (C=O) groups is 4. The fourth-order valence-corrected chi connectivity index (χ4v) is 3.52. The van der Waals surface area contributed by atoms with E-state index in [-0.39, 0.29) is 56.9 Å². The van der Waals surface area contributed by atoms with Crippen molar-refractivity contribution in [1.82, 2.24) is 0 Å². The Kier molecular flexibility index (Phi) is 15.3. The number of carbonyl (C=O) groups excluding carboxylic acids is 4. The lowest BCUT2D eigenvalue weighted by molar-refractivity contribution is 0.0837. The van der Waals surface area contributed by atoms with Crippen LogP contribution in [0.3, 0.4) is 0 Å². The van der Waals surface area contributed by atoms with E-state index in [0.29, 0.717) is 0 Å². The normalized spacial score (nSPS) is 11.5. The van der Waals surface area contributed by atoms with Crippen LogP contribution in [0.4, 0.5) is 0 Å². The van der Waals surface area contributed by atoms with Gasteiger partial charge in [0.1, 0.15) is 28.6 Å². The molecule has 0 bridgehead atoms. The maximum absolute atomic E-state index is 12.3. The summed E-state index contributed by atoms with van der Waals surface area (Å²) < 4.78 is 0. The van der Waals surface area contributed by atoms with Crippen LogP contribution in [0, 0.1) is 21.7 Å². The van der Waals surface area contributed by atoms with Crippen molar-refractivity contribution in [1.29, 1.82) is 0 Å². The fourth-order valence-electron chi connectivity index (χ4n) is 3.52. The van der Waals surface area contributed by atoms with Crippen molar-refractivity contribution in [3.63, 3.8) is 0 Å². The van der Waals surface area contributed by atoms with Gasteiger partial charge in [0.2, 0.25) is 0 Å². The zero-order valence-electron chi connectivity index (χ0n) is 29.7. The summed E-state index contributed by atoms with van der Waals surface area (Å²) in [6.07, 6.45) is 0. The summed E-state index contributed by atoms with van der Waals surface area (Å²) in [4.78, 5) is 49.1. The van der Waals surface area contributed by atoms with Crippen molar-refractivity contribution in [2.75, 3.05) is 0 Å². The molecule has 248 valence electrons. The molecule has 44 heavy (non-hydrogen) atoms. The third kappa shape index (κ3) is 11.1. The molecule has 0 fully saturated rings. The van der Waals surface area contributed by atoms with Gasteiger partial charge in [-0.15, -0.1) is 0 Å². The van der Waals surface area contributed by atoms with Gasteiger partial charge in [0.05, 0.1) is 16.7 Å². The number of aromatic hydroxyl groups is 4. The summed E-state index contributed by atoms with van der Waals surface area (Å²) in [5.41, 5.74) is -2.83. The van der Waals surface area contributed by atoms with Gasteiger partial charge >= 0.3 is 0 Å². The second-order valence-electron chi connectivity index (χ2n) is 14.1. The third-order valence-electron chi connectivity index (χ3n) is 5.96. The molecule has 0 aliphatic heterocycles. The van der Waals surface area contributed by atoms with Crippen LogP contribution in [0.1, 0.15) is 152 Å². The van der Waals surface area contributed by atoms with Crippen LogP contribution < -0.4 is 0 Å². The van der Waals surface area contributed by atoms with Gasteiger partial charge in [0.25, 0.3) is 0 Å². The predicted octanol–water partition coefficient (Wildman–Crippen LogP) is 9.16. The molecule has 0 saturated heterocycles. The number of hydrogen-bond acceptors (Lipinski definition) is 8. The van der Waals surface area contributed by atoms with E-state index in [1.165, 1.54) is 18.2 Å². The van der Waals surface area contributed by atoms with Crippen LogP contribution in [0.5, 0.6) is 23.0 Å². The van der Waals surface area contributed by atoms with Crippen LogP contribution >= 0.6 is 0 Å². The number of phenols is 4. The van der Waals surface area contributed by atoms with Crippen molar-refractivity contribution in [2.45, 2.75) is 111 Å². The van der Waals surface area contributed by atoms with E-state index >= 15 is 0 Å². The first-order valence-electron chi connectivity index (χ1n) is 15.0. The van der Waals surface area contributed by atoms with Gasteiger partial charge in [0.15, 0.2) is 23.1 Å². The van der Waals surface area contributed by atoms with Crippen molar-refractivity contribution < 1.29 is 39.6 Å². The zero-order chi connectivity index (χ0) is 35.8. The van der Waals surface area contributed by atoms with E-state index in [1.54, 1.807) is 83.1 Å². The van der Waals surface area contributed by atoms with E-state index in [2.05, 4.69) is 0 Å². The van der Waals surface area contributed by atoms with E-state index in [0.717, 1.165) is 6.07 Å². The lowest BCUT2D eigenvalue weighted by Crippen LogP contribution is -2.23. The van der Waals surface area contributed by atoms with Gasteiger partial charge in [-0.05, 0) is 18.2 Å². The molecule has 0 aliphatic rings. The number of Topliss-reactive ketones (excluding diaryl/α,β-unsaturated/α-hetero) is 4. The lowest BCUT2D eigenvalue weighted by Gasteiger charge is -2.21. The van der Waals surface area contributed by atoms with Crippen molar-refractivity contribution in [3.05, 3.63) is 46.5 Å². The minimum absolute atomic E-state index is 0.0582. The molecular weight excluding hydrogens is 560 g/mol. The average molecular weight is 617 g/mol. The Morgan fingerprint density at radius 3 is 1.02 bits per heavy atom. The quantitative estimate of drug-likeness (QED) is 0.248. The molecule has 4 N–H and O–H groups in total. The molecular formula is C36H56O8. The highest BCUT2D eigenvalue weighted by Gasteiger charge is 2.33. The Balaban J connectivity index is 0. The molecule has 0 radical (unpaired) electrons. The topological polar surface area (TPSA) is 149 Å². The second-order valence-corrected chi connectivity index (χ2v) is 14.1. The largest absolute Gasteiger partial charge is 0.507 e. The Bertz CT molecular complexity index is 1240. The van der Waals surface area contributed by atoms with Crippen LogP contribution in [0.25, 0.3) is 0 Å². The van der Waals surface area contributed by atoms with E-state index < -0.39 is 33.2 Å². The molecule has 8 heteroatoms. The summed E-state index contributed by atoms with van der Waals surface area (Å²) in [5, 5.41) is 39.8. The number of rotatable bonds is 4. The van der Waals surface area contributed by atoms with Crippen LogP contribution in [0.2, 0.25) is 0 Å². The summed E-state index contributed by atoms with van der Waals surface area (Å²) in [6, 6.07) is 4.96. The molecule has 0 aliphatic carbocycles. The van der Waals surface area contributed by atoms with E-state index in [1.807, 2.05) is 27.7 Å². The highest BCUT2D eigenvalue weighted by molar-refractivity contribution is 6.10.